The van der Waals surface area contributed by atoms with E-state index >= 15 is 0 Å². The van der Waals surface area contributed by atoms with E-state index < -0.39 is 16.1 Å². The Balaban J connectivity index is 1.67. The van der Waals surface area contributed by atoms with Crippen LogP contribution in [-0.2, 0) is 14.8 Å². The van der Waals surface area contributed by atoms with Crippen LogP contribution < -0.4 is 10.3 Å². The second kappa shape index (κ2) is 8.22. The largest absolute Gasteiger partial charge is 0.508 e. The number of nitrogens with zero attached hydrogens (tertiary/aromatic N) is 1. The van der Waals surface area contributed by atoms with Crippen LogP contribution in [0.4, 0.5) is 5.82 Å². The maximum atomic E-state index is 12.6. The van der Waals surface area contributed by atoms with E-state index in [0.29, 0.717) is 37.7 Å². The molecule has 3 rings (SSSR count). The normalized spacial score (nSPS) is 18.0. The minimum Gasteiger partial charge on any atom is -0.508 e. The van der Waals surface area contributed by atoms with Crippen LogP contribution in [0, 0.1) is 0 Å². The van der Waals surface area contributed by atoms with Crippen LogP contribution in [0.5, 0.6) is 5.75 Å². The Labute approximate surface area is 158 Å². The molecule has 1 aliphatic heterocycles. The number of phenolic OH excluding ortho intramolecular Hbond substituents is 1. The van der Waals surface area contributed by atoms with Gasteiger partial charge in [0, 0.05) is 19.2 Å². The highest BCUT2D eigenvalue weighted by Gasteiger charge is 2.28. The summed E-state index contributed by atoms with van der Waals surface area (Å²) in [6.07, 6.45) is 0.642. The number of phenols is 1. The number of morpholine rings is 1. The molecule has 0 saturated carbocycles. The van der Waals surface area contributed by atoms with Crippen LogP contribution in [0.3, 0.4) is 0 Å². The van der Waals surface area contributed by atoms with Crippen LogP contribution in [0.15, 0.2) is 47.5 Å². The molecule has 4 N–H and O–H groups in total. The Morgan fingerprint density at radius 3 is 2.41 bits per heavy atom. The first-order chi connectivity index (χ1) is 12.9. The number of anilines is 1. The molecule has 1 aromatic heterocycles. The van der Waals surface area contributed by atoms with Gasteiger partial charge in [0.15, 0.2) is 0 Å². The molecule has 9 heteroatoms. The summed E-state index contributed by atoms with van der Waals surface area (Å²) in [4.78, 5) is 3.11. The zero-order valence-electron chi connectivity index (χ0n) is 15.0. The van der Waals surface area contributed by atoms with Crippen molar-refractivity contribution in [1.29, 1.82) is 0 Å². The molecule has 0 aliphatic carbocycles. The van der Waals surface area contributed by atoms with Crippen LogP contribution in [0.2, 0.25) is 0 Å². The van der Waals surface area contributed by atoms with Gasteiger partial charge < -0.3 is 14.9 Å². The van der Waals surface area contributed by atoms with Crippen LogP contribution >= 0.6 is 0 Å². The monoisotopic (exact) mass is 394 g/mol. The lowest BCUT2D eigenvalue weighted by molar-refractivity contribution is -0.364. The quantitative estimate of drug-likeness (QED) is 0.667. The Kier molecular flexibility index (Phi) is 5.95. The third-order valence-corrected chi connectivity index (χ3v) is 6.38. The number of hydrogen-bond acceptors (Lipinski definition) is 6. The average molecular weight is 394 g/mol. The van der Waals surface area contributed by atoms with E-state index in [0.717, 1.165) is 0 Å². The van der Waals surface area contributed by atoms with E-state index in [1.807, 2.05) is 6.92 Å². The van der Waals surface area contributed by atoms with Gasteiger partial charge in [-0.15, -0.1) is 0 Å². The van der Waals surface area contributed by atoms with E-state index in [-0.39, 0.29) is 16.7 Å². The molecule has 0 spiro atoms. The van der Waals surface area contributed by atoms with Crippen molar-refractivity contribution < 1.29 is 28.4 Å². The molecule has 27 heavy (non-hydrogen) atoms. The van der Waals surface area contributed by atoms with Gasteiger partial charge in [0.25, 0.3) is 5.82 Å². The second-order valence-electron chi connectivity index (χ2n) is 6.42. The number of sulfonamides is 1. The summed E-state index contributed by atoms with van der Waals surface area (Å²) in [5.41, 5.74) is 0.666. The molecule has 0 bridgehead atoms. The molecule has 2 heterocycles. The molecule has 1 aliphatic rings. The Morgan fingerprint density at radius 1 is 1.15 bits per heavy atom. The molecule has 2 aromatic rings. The van der Waals surface area contributed by atoms with Gasteiger partial charge in [0.1, 0.15) is 29.0 Å². The topological polar surface area (TPSA) is 113 Å². The fourth-order valence-electron chi connectivity index (χ4n) is 2.88. The van der Waals surface area contributed by atoms with Gasteiger partial charge >= 0.3 is 0 Å². The van der Waals surface area contributed by atoms with Gasteiger partial charge in [-0.05, 0) is 30.7 Å². The maximum Gasteiger partial charge on any atom is 0.272 e. The molecule has 0 unspecified atom stereocenters. The van der Waals surface area contributed by atoms with Gasteiger partial charge in [-0.3, -0.25) is 5.32 Å². The fourth-order valence-corrected chi connectivity index (χ4v) is 4.26. The van der Waals surface area contributed by atoms with Crippen LogP contribution in [0.25, 0.3) is 0 Å². The Hall–Kier alpha value is -2.20. The molecule has 2 atom stereocenters. The van der Waals surface area contributed by atoms with Crippen molar-refractivity contribution in [3.8, 4) is 5.75 Å². The lowest BCUT2D eigenvalue weighted by Crippen LogP contribution is -2.41. The van der Waals surface area contributed by atoms with E-state index in [4.69, 9.17) is 4.74 Å². The lowest BCUT2D eigenvalue weighted by atomic mass is 10.0. The number of pyridine rings is 1. The molecule has 8 nitrogen and oxygen atoms in total. The number of H-pyrrole nitrogens is 1. The number of rotatable bonds is 6. The van der Waals surface area contributed by atoms with Crippen LogP contribution in [-0.4, -0.2) is 55.3 Å². The first kappa shape index (κ1) is 19.6. The number of aromatic amines is 1. The summed E-state index contributed by atoms with van der Waals surface area (Å²) in [6, 6.07) is 9.16. The summed E-state index contributed by atoms with van der Waals surface area (Å²) >= 11 is 0. The van der Waals surface area contributed by atoms with E-state index in [2.05, 4.69) is 10.3 Å². The summed E-state index contributed by atoms with van der Waals surface area (Å²) in [7, 11) is -3.55. The summed E-state index contributed by atoms with van der Waals surface area (Å²) < 4.78 is 31.8. The zero-order valence-corrected chi connectivity index (χ0v) is 15.8. The third kappa shape index (κ3) is 4.56. The predicted molar refractivity (Wildman–Crippen MR) is 98.7 cm³/mol. The first-order valence-electron chi connectivity index (χ1n) is 8.71. The minimum absolute atomic E-state index is 0.136. The zero-order chi connectivity index (χ0) is 19.4. The predicted octanol–water partition coefficient (Wildman–Crippen LogP) is 0.761. The van der Waals surface area contributed by atoms with Gasteiger partial charge in [-0.1, -0.05) is 12.1 Å². The molecule has 0 amide bonds. The maximum absolute atomic E-state index is 12.6. The standard InChI is InChI=1S/C18H23N3O5S/c1-13(18(23)14-2-4-15(22)5-3-14)20-17-7-6-16(12-19-17)27(24,25)21-8-10-26-11-9-21/h2-7,12-13,18,22-23H,8-11H2,1H3,(H,19,20)/p+1/t13-,18-/m0/s1. The Morgan fingerprint density at radius 2 is 1.81 bits per heavy atom. The smallest absolute Gasteiger partial charge is 0.272 e. The van der Waals surface area contributed by atoms with Gasteiger partial charge in [-0.25, -0.2) is 13.4 Å². The van der Waals surface area contributed by atoms with Crippen LogP contribution in [0.1, 0.15) is 18.6 Å². The highest BCUT2D eigenvalue weighted by atomic mass is 32.2. The second-order valence-corrected chi connectivity index (χ2v) is 8.36. The number of hydrogen-bond donors (Lipinski definition) is 3. The summed E-state index contributed by atoms with van der Waals surface area (Å²) in [5.74, 6) is 0.721. The number of aromatic hydroxyl groups is 1. The van der Waals surface area contributed by atoms with Crippen molar-refractivity contribution in [3.05, 3.63) is 48.2 Å². The van der Waals surface area contributed by atoms with Crippen molar-refractivity contribution in [3.63, 3.8) is 0 Å². The molecule has 1 saturated heterocycles. The SMILES string of the molecule is C[C@H](Nc1ccc(S(=O)(=O)N2CCOCC2)c[nH+]1)[C@H](O)c1ccc(O)cc1. The molecule has 0 radical (unpaired) electrons. The van der Waals surface area contributed by atoms with Gasteiger partial charge in [-0.2, -0.15) is 4.31 Å². The van der Waals surface area contributed by atoms with Gasteiger partial charge in [0.05, 0.1) is 13.2 Å². The lowest BCUT2D eigenvalue weighted by Gasteiger charge is -2.25. The number of aliphatic hydroxyl groups excluding tert-OH is 1. The van der Waals surface area contributed by atoms with Crippen molar-refractivity contribution >= 4 is 15.8 Å². The van der Waals surface area contributed by atoms with Crippen molar-refractivity contribution in [2.24, 2.45) is 0 Å². The van der Waals surface area contributed by atoms with Crippen molar-refractivity contribution in [2.75, 3.05) is 31.6 Å². The highest BCUT2D eigenvalue weighted by Crippen LogP contribution is 2.22. The average Bonchev–Trinajstić information content (AvgIpc) is 2.69. The van der Waals surface area contributed by atoms with Gasteiger partial charge in [0.2, 0.25) is 10.0 Å². The molecule has 146 valence electrons. The molecule has 1 aromatic carbocycles. The fraction of sp³-hybridized carbons (Fsp3) is 0.389. The number of ether oxygens (including phenoxy) is 1. The Bertz CT molecular complexity index is 850. The van der Waals surface area contributed by atoms with E-state index in [9.17, 15) is 18.6 Å². The van der Waals surface area contributed by atoms with E-state index in [1.54, 1.807) is 18.2 Å². The minimum atomic E-state index is -3.55. The number of aromatic nitrogens is 1. The van der Waals surface area contributed by atoms with Crippen molar-refractivity contribution in [1.82, 2.24) is 4.31 Å². The first-order valence-corrected chi connectivity index (χ1v) is 10.1. The number of benzene rings is 1. The number of nitrogens with one attached hydrogen (secondary N) is 2. The van der Waals surface area contributed by atoms with E-state index in [1.165, 1.54) is 28.7 Å². The number of aliphatic hydroxyl groups is 1. The molecular formula is C18H24N3O5S+. The van der Waals surface area contributed by atoms with Crippen molar-refractivity contribution in [2.45, 2.75) is 24.0 Å². The molecular weight excluding hydrogens is 370 g/mol. The highest BCUT2D eigenvalue weighted by molar-refractivity contribution is 7.89. The summed E-state index contributed by atoms with van der Waals surface area (Å²) in [6.45, 7) is 3.30. The third-order valence-electron chi connectivity index (χ3n) is 4.48. The summed E-state index contributed by atoms with van der Waals surface area (Å²) in [5, 5.41) is 22.9. The molecule has 1 fully saturated rings.